The van der Waals surface area contributed by atoms with Crippen LogP contribution in [-0.2, 0) is 59.2 Å². The highest BCUT2D eigenvalue weighted by Crippen LogP contribution is 2.26. The normalized spacial score (nSPS) is 15.7. The number of allylic oxidation sites excluding steroid dienone is 2. The van der Waals surface area contributed by atoms with E-state index in [4.69, 9.17) is 5.73 Å². The first-order valence-corrected chi connectivity index (χ1v) is 31.7. The molecule has 0 saturated carbocycles. The zero-order valence-corrected chi connectivity index (χ0v) is 58.3. The Labute approximate surface area is 536 Å². The lowest BCUT2D eigenvalue weighted by Gasteiger charge is -2.41. The van der Waals surface area contributed by atoms with Gasteiger partial charge in [0.2, 0.25) is 65.0 Å². The van der Waals surface area contributed by atoms with Crippen molar-refractivity contribution in [3.8, 4) is 5.75 Å². The van der Waals surface area contributed by atoms with E-state index in [0.717, 1.165) is 14.7 Å². The van der Waals surface area contributed by atoms with Gasteiger partial charge in [0.15, 0.2) is 0 Å². The number of hydrogen-bond acceptors (Lipinski definition) is 13. The summed E-state index contributed by atoms with van der Waals surface area (Å²) in [4.78, 5) is 164. The maximum Gasteiger partial charge on any atom is 0.246 e. The number of phenolic OH excluding ortho intramolecular Hbond substituents is 1. The Morgan fingerprint density at radius 2 is 0.967 bits per heavy atom. The third-order valence-corrected chi connectivity index (χ3v) is 16.9. The number of phenols is 1. The van der Waals surface area contributed by atoms with Crippen LogP contribution in [0.5, 0.6) is 5.75 Å². The Hall–Kier alpha value is -7.11. The van der Waals surface area contributed by atoms with E-state index < -0.39 is 138 Å². The molecule has 1 aromatic carbocycles. The number of likely N-dealkylation sites (N-methyl/N-ethyl adjacent to an activating group) is 7. The molecule has 0 aliphatic heterocycles. The second-order valence-electron chi connectivity index (χ2n) is 26.5. The molecule has 1 unspecified atom stereocenters. The Morgan fingerprint density at radius 1 is 0.511 bits per heavy atom. The summed E-state index contributed by atoms with van der Waals surface area (Å²) in [6.07, 6.45) is 3.02. The van der Waals surface area contributed by atoms with Gasteiger partial charge in [0.25, 0.3) is 0 Å². The Bertz CT molecular complexity index is 2610. The number of carbonyl (C=O) groups is 11. The number of amides is 11. The average Bonchev–Trinajstić information content (AvgIpc) is 0.967. The van der Waals surface area contributed by atoms with Gasteiger partial charge in [0.1, 0.15) is 60.1 Å². The summed E-state index contributed by atoms with van der Waals surface area (Å²) >= 11 is 0. The highest BCUT2D eigenvalue weighted by molar-refractivity contribution is 5.99. The number of aliphatic hydroxyl groups is 1. The SMILES string of the molecule is C/C=C\C[C@@H](C)[C@H](O)C(C(=O)N[C@@H](CC)C(=O)N(C)CC(=O)N(C)[C@@H](Cc1ccc(O)cc1)C(N)=O)N(C)C(=O)[C@H](C(C)C)N(C)C(=O)[C@@H](CC(C)C)N(C)C(=O)[C@@H](CC(C)C)N(C)C(=O)[C@H](C)NC(=O)[C@@H](C)NC(=O)[C@H](CC(C)C)N(C)C(=O)[C@@H](C)C(C)C. The summed E-state index contributed by atoms with van der Waals surface area (Å²) in [6, 6.07) is -4.73. The quantitative estimate of drug-likeness (QED) is 0.0522. The lowest BCUT2D eigenvalue weighted by Crippen LogP contribution is -2.63. The summed E-state index contributed by atoms with van der Waals surface area (Å²) in [5.74, 6) is -8.83. The van der Waals surface area contributed by atoms with E-state index in [9.17, 15) is 53.4 Å². The molecule has 24 heteroatoms. The first-order valence-electron chi connectivity index (χ1n) is 31.7. The zero-order valence-electron chi connectivity index (χ0n) is 58.3. The minimum absolute atomic E-state index is 0.0109. The second-order valence-corrected chi connectivity index (χ2v) is 26.5. The maximum absolute atomic E-state index is 15.2. The number of rotatable bonds is 36. The molecule has 7 N–H and O–H groups in total. The summed E-state index contributed by atoms with van der Waals surface area (Å²) in [6.45, 7) is 27.9. The van der Waals surface area contributed by atoms with Crippen molar-refractivity contribution in [3.63, 3.8) is 0 Å². The molecular weight excluding hydrogens is 1150 g/mol. The standard InChI is InChI=1S/C66H113N11O13/c1-24-26-27-42(13)56(80)55(60(84)70-48(25-2)63(87)71(17)36-53(79)72(18)49(57(67)81)35-46-28-30-47(78)31-29-46)77(23)66(90)54(41(11)12)76(22)65(89)52(34-39(7)8)75(21)64(88)51(33-38(5)6)74(20)62(86)45(16)69-58(82)44(15)68-59(83)50(32-37(3)4)73(19)61(85)43(14)40(9)10/h24,26,28-31,37-45,48-52,54-56,78,80H,25,27,32-36H2,1-23H3,(H2,67,81)(H,68,83)(H,69,82)(H,70,84)/b26-24-/t42-,43+,44-,45+,48+,49+,50+,51-,52-,54+,55?,56+/m1/s1. The lowest BCUT2D eigenvalue weighted by molar-refractivity contribution is -0.157. The van der Waals surface area contributed by atoms with Gasteiger partial charge in [-0.05, 0) is 106 Å². The Balaban J connectivity index is 3.62. The number of nitrogens with zero attached hydrogens (tertiary/aromatic N) is 7. The van der Waals surface area contributed by atoms with Crippen molar-refractivity contribution in [1.29, 1.82) is 0 Å². The highest BCUT2D eigenvalue weighted by Gasteiger charge is 2.45. The fourth-order valence-corrected chi connectivity index (χ4v) is 10.7. The summed E-state index contributed by atoms with van der Waals surface area (Å²) in [5, 5.41) is 29.9. The molecule has 0 aliphatic carbocycles. The van der Waals surface area contributed by atoms with Gasteiger partial charge in [-0.3, -0.25) is 52.7 Å². The second kappa shape index (κ2) is 37.3. The number of nitrogens with two attached hydrogens (primary N) is 1. The van der Waals surface area contributed by atoms with Crippen LogP contribution in [-0.4, -0.2) is 226 Å². The van der Waals surface area contributed by atoms with Crippen LogP contribution < -0.4 is 21.7 Å². The van der Waals surface area contributed by atoms with Gasteiger partial charge < -0.3 is 66.2 Å². The molecule has 90 heavy (non-hydrogen) atoms. The summed E-state index contributed by atoms with van der Waals surface area (Å²) in [5.41, 5.74) is 6.32. The molecule has 0 fully saturated rings. The molecule has 0 saturated heterocycles. The predicted molar refractivity (Wildman–Crippen MR) is 347 cm³/mol. The van der Waals surface area contributed by atoms with Gasteiger partial charge in [-0.2, -0.15) is 0 Å². The lowest BCUT2D eigenvalue weighted by atomic mass is 9.91. The largest absolute Gasteiger partial charge is 0.508 e. The monoisotopic (exact) mass is 1270 g/mol. The van der Waals surface area contributed by atoms with Gasteiger partial charge in [0.05, 0.1) is 12.6 Å². The number of nitrogens with one attached hydrogen (secondary N) is 3. The van der Waals surface area contributed by atoms with E-state index in [1.807, 2.05) is 55.4 Å². The number of benzene rings is 1. The van der Waals surface area contributed by atoms with Crippen molar-refractivity contribution in [1.82, 2.24) is 50.2 Å². The molecular formula is C66H113N11O13. The van der Waals surface area contributed by atoms with Gasteiger partial charge in [-0.1, -0.05) is 114 Å². The van der Waals surface area contributed by atoms with Crippen molar-refractivity contribution >= 4 is 65.0 Å². The molecule has 1 rings (SSSR count). The van der Waals surface area contributed by atoms with Gasteiger partial charge in [-0.15, -0.1) is 0 Å². The van der Waals surface area contributed by atoms with Crippen LogP contribution in [0.4, 0.5) is 0 Å². The average molecular weight is 1270 g/mol. The van der Waals surface area contributed by atoms with Crippen molar-refractivity contribution in [2.75, 3.05) is 55.9 Å². The van der Waals surface area contributed by atoms with Gasteiger partial charge in [0, 0.05) is 61.7 Å². The van der Waals surface area contributed by atoms with Gasteiger partial charge >= 0.3 is 0 Å². The predicted octanol–water partition coefficient (Wildman–Crippen LogP) is 3.79. The minimum Gasteiger partial charge on any atom is -0.508 e. The smallest absolute Gasteiger partial charge is 0.246 e. The van der Waals surface area contributed by atoms with Crippen LogP contribution in [0.3, 0.4) is 0 Å². The van der Waals surface area contributed by atoms with Crippen LogP contribution in [0.1, 0.15) is 148 Å². The number of hydrogen-bond donors (Lipinski definition) is 6. The molecule has 0 radical (unpaired) electrons. The first-order chi connectivity index (χ1) is 41.6. The molecule has 0 heterocycles. The third-order valence-electron chi connectivity index (χ3n) is 16.9. The molecule has 11 amide bonds. The van der Waals surface area contributed by atoms with Crippen LogP contribution >= 0.6 is 0 Å². The van der Waals surface area contributed by atoms with Crippen LogP contribution in [0.2, 0.25) is 0 Å². The fourth-order valence-electron chi connectivity index (χ4n) is 10.7. The number of aromatic hydroxyl groups is 1. The van der Waals surface area contributed by atoms with Crippen LogP contribution in [0, 0.1) is 41.4 Å². The van der Waals surface area contributed by atoms with Gasteiger partial charge in [-0.25, -0.2) is 0 Å². The highest BCUT2D eigenvalue weighted by atomic mass is 16.3. The van der Waals surface area contributed by atoms with Crippen molar-refractivity contribution in [3.05, 3.63) is 42.0 Å². The zero-order chi connectivity index (χ0) is 69.7. The summed E-state index contributed by atoms with van der Waals surface area (Å²) < 4.78 is 0. The Morgan fingerprint density at radius 3 is 1.42 bits per heavy atom. The molecule has 24 nitrogen and oxygen atoms in total. The maximum atomic E-state index is 15.2. The van der Waals surface area contributed by atoms with Crippen LogP contribution in [0.25, 0.3) is 0 Å². The van der Waals surface area contributed by atoms with E-state index in [0.29, 0.717) is 18.4 Å². The molecule has 12 atom stereocenters. The van der Waals surface area contributed by atoms with Crippen molar-refractivity contribution in [2.45, 2.75) is 210 Å². The number of carbonyl (C=O) groups excluding carboxylic acids is 11. The van der Waals surface area contributed by atoms with E-state index >= 15 is 9.59 Å². The topological polar surface area (TPSA) is 313 Å². The molecule has 0 spiro atoms. The molecule has 0 bridgehead atoms. The molecule has 0 aromatic heterocycles. The molecule has 0 aliphatic rings. The fraction of sp³-hybridized carbons (Fsp3) is 0.712. The van der Waals surface area contributed by atoms with E-state index in [1.54, 1.807) is 72.9 Å². The third kappa shape index (κ3) is 23.3. The first kappa shape index (κ1) is 80.9. The van der Waals surface area contributed by atoms with Crippen molar-refractivity contribution in [2.24, 2.45) is 47.2 Å². The molecule has 510 valence electrons. The number of aliphatic hydroxyl groups excluding tert-OH is 1. The molecule has 1 aromatic rings. The van der Waals surface area contributed by atoms with E-state index in [1.165, 1.54) is 87.9 Å². The summed E-state index contributed by atoms with van der Waals surface area (Å²) in [7, 11) is 9.95. The van der Waals surface area contributed by atoms with E-state index in [-0.39, 0.29) is 66.9 Å². The van der Waals surface area contributed by atoms with Crippen LogP contribution in [0.15, 0.2) is 36.4 Å². The Kier molecular flexibility index (Phi) is 33.5. The van der Waals surface area contributed by atoms with Crippen molar-refractivity contribution < 1.29 is 63.0 Å². The number of primary amides is 1. The minimum atomic E-state index is -1.63. The van der Waals surface area contributed by atoms with E-state index in [2.05, 4.69) is 16.0 Å².